The largest absolute Gasteiger partial charge is 0.545 e. The number of nitrogens with zero attached hydrogens (tertiary/aromatic N) is 1. The second-order valence-corrected chi connectivity index (χ2v) is 13.3. The number of hydrogen-bond acceptors (Lipinski definition) is 4. The molecule has 28 heavy (non-hydrogen) atoms. The van der Waals surface area contributed by atoms with Gasteiger partial charge in [-0.05, 0) is 70.3 Å². The van der Waals surface area contributed by atoms with Gasteiger partial charge in [0.05, 0.1) is 6.10 Å². The smallest absolute Gasteiger partial charge is 0.418 e. The van der Waals surface area contributed by atoms with E-state index in [4.69, 9.17) is 13.9 Å². The Morgan fingerprint density at radius 1 is 1.25 bits per heavy atom. The average molecular weight is 408 g/mol. The fraction of sp³-hybridized carbons (Fsp3) is 0.682. The fourth-order valence-corrected chi connectivity index (χ4v) is 6.15. The molecule has 0 N–H and O–H groups in total. The van der Waals surface area contributed by atoms with Gasteiger partial charge in [0.2, 0.25) is 8.32 Å². The normalized spacial score (nSPS) is 19.4. The standard InChI is InChI=1S/C22H37NO4Si/c1-8-28(9-2,10-3)27-17(4)20-19(25-20)15-11-13-18-14-12-16-23(18)21(24)26-22(5,6)7/h12,14,16,19-20H,4,8-11,13,15H2,1-3,5-7H3/t19-,20-/m1/s1. The molecule has 1 aliphatic heterocycles. The van der Waals surface area contributed by atoms with Crippen LogP contribution in [0, 0.1) is 0 Å². The Balaban J connectivity index is 1.80. The highest BCUT2D eigenvalue weighted by molar-refractivity contribution is 6.73. The van der Waals surface area contributed by atoms with Crippen LogP contribution in [0.15, 0.2) is 30.7 Å². The van der Waals surface area contributed by atoms with Gasteiger partial charge in [-0.2, -0.15) is 0 Å². The van der Waals surface area contributed by atoms with Crippen LogP contribution in [0.4, 0.5) is 4.79 Å². The highest BCUT2D eigenvalue weighted by atomic mass is 28.4. The van der Waals surface area contributed by atoms with E-state index in [0.29, 0.717) is 0 Å². The van der Waals surface area contributed by atoms with Crippen molar-refractivity contribution in [3.05, 3.63) is 36.4 Å². The molecule has 1 aromatic heterocycles. The van der Waals surface area contributed by atoms with Gasteiger partial charge in [0.25, 0.3) is 0 Å². The van der Waals surface area contributed by atoms with Gasteiger partial charge in [-0.25, -0.2) is 4.79 Å². The number of carbonyl (C=O) groups excluding carboxylic acids is 1. The van der Waals surface area contributed by atoms with Crippen molar-refractivity contribution in [3.8, 4) is 0 Å². The van der Waals surface area contributed by atoms with E-state index >= 15 is 0 Å². The van der Waals surface area contributed by atoms with E-state index in [2.05, 4.69) is 27.4 Å². The zero-order valence-electron chi connectivity index (χ0n) is 18.4. The maximum absolute atomic E-state index is 12.3. The Bertz CT molecular complexity index is 664. The lowest BCUT2D eigenvalue weighted by Gasteiger charge is -2.29. The molecule has 1 aliphatic rings. The minimum Gasteiger partial charge on any atom is -0.545 e. The first-order valence-electron chi connectivity index (χ1n) is 10.6. The molecule has 1 saturated heterocycles. The summed E-state index contributed by atoms with van der Waals surface area (Å²) in [6, 6.07) is 7.19. The van der Waals surface area contributed by atoms with Crippen molar-refractivity contribution < 1.29 is 18.7 Å². The number of aromatic nitrogens is 1. The summed E-state index contributed by atoms with van der Waals surface area (Å²) < 4.78 is 19.2. The van der Waals surface area contributed by atoms with Gasteiger partial charge < -0.3 is 13.9 Å². The van der Waals surface area contributed by atoms with Crippen molar-refractivity contribution in [3.63, 3.8) is 0 Å². The summed E-state index contributed by atoms with van der Waals surface area (Å²) in [5.41, 5.74) is 0.470. The second kappa shape index (κ2) is 9.31. The maximum Gasteiger partial charge on any atom is 0.418 e. The third kappa shape index (κ3) is 5.98. The van der Waals surface area contributed by atoms with E-state index < -0.39 is 13.9 Å². The molecule has 0 amide bonds. The van der Waals surface area contributed by atoms with Gasteiger partial charge in [0.1, 0.15) is 17.5 Å². The lowest BCUT2D eigenvalue weighted by atomic mass is 10.1. The van der Waals surface area contributed by atoms with Gasteiger partial charge in [0.15, 0.2) is 0 Å². The van der Waals surface area contributed by atoms with Crippen molar-refractivity contribution in [1.82, 2.24) is 4.57 Å². The number of rotatable bonds is 10. The van der Waals surface area contributed by atoms with E-state index in [0.717, 1.165) is 48.8 Å². The Hall–Kier alpha value is -1.53. The molecule has 0 spiro atoms. The van der Waals surface area contributed by atoms with E-state index in [-0.39, 0.29) is 18.3 Å². The van der Waals surface area contributed by atoms with Gasteiger partial charge in [-0.15, -0.1) is 0 Å². The molecule has 0 aliphatic carbocycles. The van der Waals surface area contributed by atoms with E-state index in [9.17, 15) is 4.79 Å². The molecule has 0 bridgehead atoms. The Kier molecular flexibility index (Phi) is 7.57. The van der Waals surface area contributed by atoms with Crippen LogP contribution in [0.1, 0.15) is 60.1 Å². The third-order valence-electron chi connectivity index (χ3n) is 5.53. The molecule has 0 saturated carbocycles. The quantitative estimate of drug-likeness (QED) is 0.275. The second-order valence-electron chi connectivity index (χ2n) is 8.65. The van der Waals surface area contributed by atoms with E-state index in [1.807, 2.05) is 32.9 Å². The minimum absolute atomic E-state index is 0.0363. The maximum atomic E-state index is 12.3. The summed E-state index contributed by atoms with van der Waals surface area (Å²) in [6.45, 7) is 16.4. The van der Waals surface area contributed by atoms with Crippen LogP contribution in [0.5, 0.6) is 0 Å². The average Bonchev–Trinajstić information content (AvgIpc) is 3.25. The summed E-state index contributed by atoms with van der Waals surface area (Å²) in [6.07, 6.45) is 4.35. The van der Waals surface area contributed by atoms with Crippen LogP contribution in [0.25, 0.3) is 0 Å². The summed E-state index contributed by atoms with van der Waals surface area (Å²) >= 11 is 0. The molecule has 6 heteroatoms. The lowest BCUT2D eigenvalue weighted by Crippen LogP contribution is -2.36. The summed E-state index contributed by atoms with van der Waals surface area (Å²) in [5.74, 6) is 0.819. The van der Waals surface area contributed by atoms with E-state index in [1.54, 1.807) is 10.8 Å². The predicted octanol–water partition coefficient (Wildman–Crippen LogP) is 5.90. The van der Waals surface area contributed by atoms with Crippen LogP contribution >= 0.6 is 0 Å². The first-order chi connectivity index (χ1) is 13.1. The number of hydrogen-bond donors (Lipinski definition) is 0. The molecule has 0 radical (unpaired) electrons. The number of aryl methyl sites for hydroxylation is 1. The number of epoxide rings is 1. The van der Waals surface area contributed by atoms with Crippen molar-refractivity contribution in [2.24, 2.45) is 0 Å². The molecule has 5 nitrogen and oxygen atoms in total. The monoisotopic (exact) mass is 407 g/mol. The van der Waals surface area contributed by atoms with Crippen molar-refractivity contribution in [2.75, 3.05) is 0 Å². The van der Waals surface area contributed by atoms with E-state index in [1.165, 1.54) is 0 Å². The van der Waals surface area contributed by atoms with Crippen molar-refractivity contribution >= 4 is 14.4 Å². The summed E-state index contributed by atoms with van der Waals surface area (Å²) in [7, 11) is -1.68. The van der Waals surface area contributed by atoms with Crippen LogP contribution in [0.2, 0.25) is 18.1 Å². The predicted molar refractivity (Wildman–Crippen MR) is 115 cm³/mol. The van der Waals surface area contributed by atoms with Crippen LogP contribution < -0.4 is 0 Å². The van der Waals surface area contributed by atoms with Gasteiger partial charge in [-0.3, -0.25) is 4.57 Å². The number of carbonyl (C=O) groups is 1. The van der Waals surface area contributed by atoms with Gasteiger partial charge >= 0.3 is 6.09 Å². The molecule has 2 heterocycles. The minimum atomic E-state index is -1.68. The molecular weight excluding hydrogens is 370 g/mol. The molecule has 2 atom stereocenters. The topological polar surface area (TPSA) is 53.0 Å². The Labute approximate surface area is 171 Å². The van der Waals surface area contributed by atoms with Gasteiger partial charge in [0, 0.05) is 11.9 Å². The van der Waals surface area contributed by atoms with Crippen molar-refractivity contribution in [2.45, 2.75) is 96.7 Å². The van der Waals surface area contributed by atoms with Crippen LogP contribution in [0.3, 0.4) is 0 Å². The zero-order chi connectivity index (χ0) is 20.9. The first-order valence-corrected chi connectivity index (χ1v) is 13.1. The van der Waals surface area contributed by atoms with Crippen LogP contribution in [-0.4, -0.2) is 36.8 Å². The molecule has 2 rings (SSSR count). The molecule has 1 aromatic rings. The highest BCUT2D eigenvalue weighted by Crippen LogP contribution is 2.36. The molecule has 158 valence electrons. The molecule has 1 fully saturated rings. The molecular formula is C22H37NO4Si. The highest BCUT2D eigenvalue weighted by Gasteiger charge is 2.44. The first kappa shape index (κ1) is 22.8. The summed E-state index contributed by atoms with van der Waals surface area (Å²) in [4.78, 5) is 12.3. The Morgan fingerprint density at radius 2 is 1.89 bits per heavy atom. The SMILES string of the molecule is C=C(O[Si](CC)(CC)CC)[C@H]1O[C@@H]1CCCc1cccn1C(=O)OC(C)(C)C. The summed E-state index contributed by atoms with van der Waals surface area (Å²) in [5, 5.41) is 0. The fourth-order valence-electron chi connectivity index (χ4n) is 3.54. The molecule has 0 aromatic carbocycles. The van der Waals surface area contributed by atoms with Crippen molar-refractivity contribution in [1.29, 1.82) is 0 Å². The Morgan fingerprint density at radius 3 is 2.46 bits per heavy atom. The van der Waals surface area contributed by atoms with Crippen LogP contribution in [-0.2, 0) is 20.3 Å². The van der Waals surface area contributed by atoms with Gasteiger partial charge in [-0.1, -0.05) is 27.4 Å². The lowest BCUT2D eigenvalue weighted by molar-refractivity contribution is 0.0533. The third-order valence-corrected chi connectivity index (χ3v) is 10.1. The molecule has 0 unspecified atom stereocenters. The number of ether oxygens (including phenoxy) is 2. The zero-order valence-corrected chi connectivity index (χ0v) is 19.4.